The van der Waals surface area contributed by atoms with Crippen molar-refractivity contribution in [2.45, 2.75) is 38.1 Å². The molecule has 1 heterocycles. The molecule has 0 unspecified atom stereocenters. The number of rotatable bonds is 2. The van der Waals surface area contributed by atoms with Gasteiger partial charge in [-0.15, -0.1) is 0 Å². The van der Waals surface area contributed by atoms with E-state index in [-0.39, 0.29) is 5.82 Å². The molecule has 1 aromatic rings. The van der Waals surface area contributed by atoms with Gasteiger partial charge in [-0.2, -0.15) is 0 Å². The monoisotopic (exact) mass is 315 g/mol. The Balaban J connectivity index is 1.28. The van der Waals surface area contributed by atoms with E-state index in [1.165, 1.54) is 45.2 Å². The number of piperazine rings is 1. The summed E-state index contributed by atoms with van der Waals surface area (Å²) in [6.45, 7) is 4.42. The van der Waals surface area contributed by atoms with Crippen molar-refractivity contribution in [1.29, 1.82) is 0 Å². The minimum Gasteiger partial charge on any atom is -0.358 e. The van der Waals surface area contributed by atoms with Crippen LogP contribution in [0.1, 0.15) is 32.1 Å². The van der Waals surface area contributed by atoms with Gasteiger partial charge in [0, 0.05) is 11.8 Å². The lowest BCUT2D eigenvalue weighted by molar-refractivity contribution is -0.936. The van der Waals surface area contributed by atoms with Crippen molar-refractivity contribution < 1.29 is 9.29 Å². The number of hydrogen-bond acceptors (Lipinski definition) is 1. The van der Waals surface area contributed by atoms with Crippen molar-refractivity contribution in [2.75, 3.05) is 31.1 Å². The lowest BCUT2D eigenvalue weighted by Crippen LogP contribution is -3.20. The maximum absolute atomic E-state index is 14.0. The van der Waals surface area contributed by atoms with Crippen LogP contribution >= 0.6 is 0 Å². The highest BCUT2D eigenvalue weighted by molar-refractivity contribution is 5.47. The van der Waals surface area contributed by atoms with Gasteiger partial charge < -0.3 is 9.80 Å². The van der Waals surface area contributed by atoms with Gasteiger partial charge >= 0.3 is 0 Å². The highest BCUT2D eigenvalue weighted by atomic mass is 19.1. The van der Waals surface area contributed by atoms with E-state index in [4.69, 9.17) is 0 Å². The molecule has 4 saturated carbocycles. The van der Waals surface area contributed by atoms with Gasteiger partial charge in [0.25, 0.3) is 0 Å². The van der Waals surface area contributed by atoms with Crippen LogP contribution in [0.3, 0.4) is 0 Å². The van der Waals surface area contributed by atoms with Gasteiger partial charge in [0.2, 0.25) is 0 Å². The van der Waals surface area contributed by atoms with Gasteiger partial charge in [-0.1, -0.05) is 12.1 Å². The summed E-state index contributed by atoms with van der Waals surface area (Å²) in [6.07, 6.45) is 7.59. The molecule has 1 aliphatic heterocycles. The lowest BCUT2D eigenvalue weighted by Gasteiger charge is -2.56. The first kappa shape index (κ1) is 14.3. The van der Waals surface area contributed by atoms with E-state index in [2.05, 4.69) is 4.90 Å². The van der Waals surface area contributed by atoms with Gasteiger partial charge in [-0.05, 0) is 56.1 Å². The molecule has 0 amide bonds. The van der Waals surface area contributed by atoms with Crippen LogP contribution in [0.5, 0.6) is 0 Å². The quantitative estimate of drug-likeness (QED) is 0.880. The first-order valence-electron chi connectivity index (χ1n) is 9.62. The maximum atomic E-state index is 14.0. The van der Waals surface area contributed by atoms with Gasteiger partial charge in [-0.25, -0.2) is 4.39 Å². The molecule has 124 valence electrons. The summed E-state index contributed by atoms with van der Waals surface area (Å²) in [5, 5.41) is 0. The fourth-order valence-corrected chi connectivity index (χ4v) is 6.67. The molecule has 3 heteroatoms. The second-order valence-corrected chi connectivity index (χ2v) is 8.55. The Kier molecular flexibility index (Phi) is 3.40. The van der Waals surface area contributed by atoms with Crippen molar-refractivity contribution in [3.8, 4) is 0 Å². The molecule has 5 aliphatic rings. The summed E-state index contributed by atoms with van der Waals surface area (Å²) in [7, 11) is 0. The Morgan fingerprint density at radius 2 is 1.48 bits per heavy atom. The average Bonchev–Trinajstić information content (AvgIpc) is 2.55. The number of quaternary nitrogens is 1. The SMILES string of the molecule is Fc1ccccc1N1CC[NH+](C2C3CC4CC(C3)CC2C4)CC1. The zero-order valence-electron chi connectivity index (χ0n) is 13.9. The fraction of sp³-hybridized carbons (Fsp3) is 0.700. The van der Waals surface area contributed by atoms with E-state index in [1.807, 2.05) is 17.0 Å². The van der Waals surface area contributed by atoms with E-state index in [9.17, 15) is 4.39 Å². The third-order valence-electron chi connectivity index (χ3n) is 7.30. The highest BCUT2D eigenvalue weighted by Gasteiger charge is 2.52. The predicted molar refractivity (Wildman–Crippen MR) is 90.1 cm³/mol. The van der Waals surface area contributed by atoms with Crippen molar-refractivity contribution in [1.82, 2.24) is 0 Å². The molecule has 5 fully saturated rings. The van der Waals surface area contributed by atoms with E-state index < -0.39 is 0 Å². The van der Waals surface area contributed by atoms with E-state index >= 15 is 0 Å². The highest BCUT2D eigenvalue weighted by Crippen LogP contribution is 2.53. The fourth-order valence-electron chi connectivity index (χ4n) is 6.67. The third-order valence-corrected chi connectivity index (χ3v) is 7.30. The van der Waals surface area contributed by atoms with Crippen LogP contribution in [0.2, 0.25) is 0 Å². The molecule has 0 spiro atoms. The molecule has 0 atom stereocenters. The largest absolute Gasteiger partial charge is 0.358 e. The van der Waals surface area contributed by atoms with Crippen LogP contribution in [0.4, 0.5) is 10.1 Å². The third kappa shape index (κ3) is 2.39. The minimum absolute atomic E-state index is 0.0643. The van der Waals surface area contributed by atoms with E-state index in [0.29, 0.717) is 0 Å². The van der Waals surface area contributed by atoms with Gasteiger partial charge in [0.05, 0.1) is 37.9 Å². The number of nitrogens with one attached hydrogen (secondary N) is 1. The van der Waals surface area contributed by atoms with E-state index in [1.54, 1.807) is 12.1 Å². The van der Waals surface area contributed by atoms with Crippen LogP contribution in [0, 0.1) is 29.5 Å². The first-order valence-corrected chi connectivity index (χ1v) is 9.62. The number of nitrogens with zero attached hydrogens (tertiary/aromatic N) is 1. The topological polar surface area (TPSA) is 7.68 Å². The van der Waals surface area contributed by atoms with Gasteiger partial charge in [-0.3, -0.25) is 0 Å². The molecule has 4 bridgehead atoms. The van der Waals surface area contributed by atoms with Crippen LogP contribution in [0.15, 0.2) is 24.3 Å². The molecule has 23 heavy (non-hydrogen) atoms. The van der Waals surface area contributed by atoms with Gasteiger partial charge in [0.15, 0.2) is 0 Å². The Bertz CT molecular complexity index is 551. The summed E-state index contributed by atoms with van der Waals surface area (Å²) in [5.41, 5.74) is 0.802. The second-order valence-electron chi connectivity index (χ2n) is 8.55. The van der Waals surface area contributed by atoms with Crippen LogP contribution in [0.25, 0.3) is 0 Å². The Labute approximate surface area is 138 Å². The summed E-state index contributed by atoms with van der Waals surface area (Å²) < 4.78 is 14.0. The zero-order chi connectivity index (χ0) is 15.4. The van der Waals surface area contributed by atoms with Crippen molar-refractivity contribution in [3.05, 3.63) is 30.1 Å². The number of benzene rings is 1. The molecular weight excluding hydrogens is 287 g/mol. The first-order chi connectivity index (χ1) is 11.3. The van der Waals surface area contributed by atoms with E-state index in [0.717, 1.165) is 48.5 Å². The maximum Gasteiger partial charge on any atom is 0.146 e. The lowest BCUT2D eigenvalue weighted by atomic mass is 9.54. The van der Waals surface area contributed by atoms with Crippen LogP contribution in [-0.4, -0.2) is 32.2 Å². The predicted octanol–water partition coefficient (Wildman–Crippen LogP) is 2.36. The number of para-hydroxylation sites is 1. The smallest absolute Gasteiger partial charge is 0.146 e. The van der Waals surface area contributed by atoms with Crippen molar-refractivity contribution in [2.24, 2.45) is 23.7 Å². The summed E-state index contributed by atoms with van der Waals surface area (Å²) in [4.78, 5) is 4.10. The number of hydrogen-bond donors (Lipinski definition) is 1. The van der Waals surface area contributed by atoms with Crippen LogP contribution in [-0.2, 0) is 0 Å². The second kappa shape index (κ2) is 5.47. The summed E-state index contributed by atoms with van der Waals surface area (Å²) in [6, 6.07) is 8.19. The Morgan fingerprint density at radius 1 is 0.870 bits per heavy atom. The molecule has 4 aliphatic carbocycles. The van der Waals surface area contributed by atoms with Crippen molar-refractivity contribution >= 4 is 5.69 Å². The summed E-state index contributed by atoms with van der Waals surface area (Å²) >= 11 is 0. The molecule has 1 aromatic carbocycles. The van der Waals surface area contributed by atoms with Gasteiger partial charge in [0.1, 0.15) is 5.82 Å². The molecule has 6 rings (SSSR count). The minimum atomic E-state index is -0.0643. The average molecular weight is 315 g/mol. The molecular formula is C20H28FN2+. The Hall–Kier alpha value is -1.09. The molecule has 2 nitrogen and oxygen atoms in total. The summed E-state index contributed by atoms with van der Waals surface area (Å²) in [5.74, 6) is 4.06. The number of anilines is 1. The number of halogens is 1. The molecule has 0 aromatic heterocycles. The molecule has 0 radical (unpaired) electrons. The molecule has 1 N–H and O–H groups in total. The zero-order valence-corrected chi connectivity index (χ0v) is 13.9. The van der Waals surface area contributed by atoms with Crippen molar-refractivity contribution in [3.63, 3.8) is 0 Å². The Morgan fingerprint density at radius 3 is 2.09 bits per heavy atom. The molecule has 1 saturated heterocycles. The standard InChI is InChI=1S/C20H27FN2/c21-18-3-1-2-4-19(18)22-5-7-23(8-6-22)20-16-10-14-9-15(12-16)13-17(20)11-14/h1-4,14-17,20H,5-13H2/p+1. The normalized spacial score (nSPS) is 39.9. The van der Waals surface area contributed by atoms with Crippen LogP contribution < -0.4 is 9.80 Å².